The maximum absolute atomic E-state index is 13.3. The quantitative estimate of drug-likeness (QED) is 0.694. The van der Waals surface area contributed by atoms with Crippen LogP contribution in [-0.4, -0.2) is 45.5 Å². The van der Waals surface area contributed by atoms with Gasteiger partial charge in [0, 0.05) is 43.9 Å². The number of amides is 1. The van der Waals surface area contributed by atoms with Crippen molar-refractivity contribution in [2.24, 2.45) is 11.3 Å². The van der Waals surface area contributed by atoms with Crippen LogP contribution in [0.4, 0.5) is 10.3 Å². The van der Waals surface area contributed by atoms with E-state index in [0.717, 1.165) is 30.7 Å². The van der Waals surface area contributed by atoms with Crippen LogP contribution in [0.1, 0.15) is 25.1 Å². The van der Waals surface area contributed by atoms with Gasteiger partial charge in [-0.1, -0.05) is 6.42 Å². The molecule has 1 spiro atoms. The highest BCUT2D eigenvalue weighted by Gasteiger charge is 2.53. The predicted octanol–water partition coefficient (Wildman–Crippen LogP) is 2.46. The monoisotopic (exact) mass is 394 g/mol. The Morgan fingerprint density at radius 2 is 2.14 bits per heavy atom. The van der Waals surface area contributed by atoms with Crippen molar-refractivity contribution >= 4 is 22.9 Å². The van der Waals surface area contributed by atoms with Crippen LogP contribution < -0.4 is 10.2 Å². The highest BCUT2D eigenvalue weighted by molar-refractivity contribution is 5.81. The zero-order valence-electron chi connectivity index (χ0n) is 16.1. The lowest BCUT2D eigenvalue weighted by atomic mass is 9.62. The number of carbonyl (C=O) groups excluding carboxylic acids is 1. The molecule has 3 heterocycles. The van der Waals surface area contributed by atoms with Crippen LogP contribution in [0.25, 0.3) is 11.0 Å². The summed E-state index contributed by atoms with van der Waals surface area (Å²) in [5.41, 5.74) is 1.45. The van der Waals surface area contributed by atoms with Gasteiger partial charge in [-0.15, -0.1) is 0 Å². The van der Waals surface area contributed by atoms with Crippen LogP contribution in [0.3, 0.4) is 0 Å². The number of H-pyrrole nitrogens is 1. The van der Waals surface area contributed by atoms with Gasteiger partial charge in [0.05, 0.1) is 17.0 Å². The number of fused-ring (bicyclic) bond motifs is 1. The summed E-state index contributed by atoms with van der Waals surface area (Å²) in [6.45, 7) is 1.99. The van der Waals surface area contributed by atoms with Gasteiger partial charge in [-0.05, 0) is 37.1 Å². The second-order valence-corrected chi connectivity index (χ2v) is 8.08. The first-order valence-corrected chi connectivity index (χ1v) is 10.1. The fourth-order valence-corrected chi connectivity index (χ4v) is 4.65. The van der Waals surface area contributed by atoms with E-state index in [1.54, 1.807) is 24.5 Å². The van der Waals surface area contributed by atoms with Crippen LogP contribution in [0, 0.1) is 17.2 Å². The minimum Gasteiger partial charge on any atom is -0.355 e. The molecule has 8 heteroatoms. The summed E-state index contributed by atoms with van der Waals surface area (Å²) in [4.78, 5) is 31.4. The molecular weight excluding hydrogens is 371 g/mol. The number of nitrogens with one attached hydrogen (secondary N) is 2. The van der Waals surface area contributed by atoms with Crippen LogP contribution in [0.2, 0.25) is 0 Å². The summed E-state index contributed by atoms with van der Waals surface area (Å²) >= 11 is 0. The number of aromatic amines is 1. The number of anilines is 1. The predicted molar refractivity (Wildman–Crippen MR) is 107 cm³/mol. The summed E-state index contributed by atoms with van der Waals surface area (Å²) in [6, 6.07) is 6.29. The molecule has 1 aliphatic heterocycles. The minimum absolute atomic E-state index is 0.0418. The minimum atomic E-state index is -0.292. The molecule has 2 fully saturated rings. The summed E-state index contributed by atoms with van der Waals surface area (Å²) in [7, 11) is 0. The van der Waals surface area contributed by atoms with Crippen molar-refractivity contribution in [3.63, 3.8) is 0 Å². The second kappa shape index (κ2) is 7.09. The molecule has 3 aromatic rings. The van der Waals surface area contributed by atoms with Gasteiger partial charge in [-0.25, -0.2) is 19.3 Å². The molecule has 150 valence electrons. The molecule has 1 amide bonds. The van der Waals surface area contributed by atoms with E-state index in [1.807, 2.05) is 0 Å². The fraction of sp³-hybridized carbons (Fsp3) is 0.429. The van der Waals surface area contributed by atoms with E-state index in [0.29, 0.717) is 31.0 Å². The number of hydrogen-bond acceptors (Lipinski definition) is 5. The Morgan fingerprint density at radius 1 is 1.31 bits per heavy atom. The molecule has 1 atom stereocenters. The van der Waals surface area contributed by atoms with Crippen molar-refractivity contribution in [3.8, 4) is 0 Å². The largest absolute Gasteiger partial charge is 0.355 e. The molecule has 1 unspecified atom stereocenters. The van der Waals surface area contributed by atoms with E-state index in [9.17, 15) is 9.18 Å². The van der Waals surface area contributed by atoms with Crippen molar-refractivity contribution in [2.75, 3.05) is 24.5 Å². The van der Waals surface area contributed by atoms with Gasteiger partial charge in [0.1, 0.15) is 11.6 Å². The lowest BCUT2D eigenvalue weighted by molar-refractivity contribution is -0.129. The second-order valence-electron chi connectivity index (χ2n) is 8.08. The Labute approximate surface area is 167 Å². The standard InChI is InChI=1S/C21H23FN6O/c22-14-3-4-16-17(11-14)27-18(26-16)5-10-23-19(29)15-12-28(13-21(15)6-1-7-21)20-24-8-2-9-25-20/h2-4,8-9,11,15H,1,5-7,10,12-13H2,(H,23,29)(H,26,27). The molecule has 2 N–H and O–H groups in total. The van der Waals surface area contributed by atoms with E-state index in [-0.39, 0.29) is 23.1 Å². The van der Waals surface area contributed by atoms with Crippen molar-refractivity contribution in [1.82, 2.24) is 25.3 Å². The third-order valence-corrected chi connectivity index (χ3v) is 6.30. The Morgan fingerprint density at radius 3 is 2.90 bits per heavy atom. The van der Waals surface area contributed by atoms with Crippen molar-refractivity contribution in [3.05, 3.63) is 48.3 Å². The Balaban J connectivity index is 1.22. The van der Waals surface area contributed by atoms with Crippen molar-refractivity contribution in [1.29, 1.82) is 0 Å². The van der Waals surface area contributed by atoms with Gasteiger partial charge in [0.2, 0.25) is 11.9 Å². The molecule has 1 aromatic carbocycles. The van der Waals surface area contributed by atoms with Crippen LogP contribution in [-0.2, 0) is 11.2 Å². The van der Waals surface area contributed by atoms with Gasteiger partial charge in [0.15, 0.2) is 0 Å². The maximum atomic E-state index is 13.3. The van der Waals surface area contributed by atoms with E-state index >= 15 is 0 Å². The summed E-state index contributed by atoms with van der Waals surface area (Å²) in [5, 5.41) is 3.08. The van der Waals surface area contributed by atoms with Crippen molar-refractivity contribution < 1.29 is 9.18 Å². The Kier molecular flexibility index (Phi) is 4.41. The van der Waals surface area contributed by atoms with Gasteiger partial charge in [-0.3, -0.25) is 4.79 Å². The number of imidazole rings is 1. The number of carbonyl (C=O) groups is 1. The van der Waals surface area contributed by atoms with Crippen LogP contribution in [0.15, 0.2) is 36.7 Å². The third-order valence-electron chi connectivity index (χ3n) is 6.30. The van der Waals surface area contributed by atoms with Gasteiger partial charge < -0.3 is 15.2 Å². The number of aromatic nitrogens is 4. The number of halogens is 1. The van der Waals surface area contributed by atoms with E-state index in [4.69, 9.17) is 0 Å². The average molecular weight is 394 g/mol. The molecule has 2 aromatic heterocycles. The Hall–Kier alpha value is -3.03. The maximum Gasteiger partial charge on any atom is 0.225 e. The molecule has 29 heavy (non-hydrogen) atoms. The van der Waals surface area contributed by atoms with Crippen LogP contribution in [0.5, 0.6) is 0 Å². The molecular formula is C21H23FN6O. The van der Waals surface area contributed by atoms with Gasteiger partial charge in [-0.2, -0.15) is 0 Å². The first-order chi connectivity index (χ1) is 14.1. The molecule has 1 aliphatic carbocycles. The van der Waals surface area contributed by atoms with E-state index < -0.39 is 0 Å². The topological polar surface area (TPSA) is 86.8 Å². The molecule has 1 saturated heterocycles. The van der Waals surface area contributed by atoms with Crippen LogP contribution >= 0.6 is 0 Å². The molecule has 0 bridgehead atoms. The first-order valence-electron chi connectivity index (χ1n) is 10.1. The number of benzene rings is 1. The fourth-order valence-electron chi connectivity index (χ4n) is 4.65. The molecule has 5 rings (SSSR count). The molecule has 0 radical (unpaired) electrons. The average Bonchev–Trinajstić information content (AvgIpc) is 3.29. The molecule has 2 aliphatic rings. The first kappa shape index (κ1) is 18.0. The van der Waals surface area contributed by atoms with Gasteiger partial charge >= 0.3 is 0 Å². The lowest BCUT2D eigenvalue weighted by Gasteiger charge is -2.41. The van der Waals surface area contributed by atoms with Gasteiger partial charge in [0.25, 0.3) is 0 Å². The van der Waals surface area contributed by atoms with E-state index in [1.165, 1.54) is 18.6 Å². The molecule has 7 nitrogen and oxygen atoms in total. The summed E-state index contributed by atoms with van der Waals surface area (Å²) in [5.74, 6) is 1.19. The lowest BCUT2D eigenvalue weighted by Crippen LogP contribution is -2.45. The highest BCUT2D eigenvalue weighted by Crippen LogP contribution is 2.52. The highest BCUT2D eigenvalue weighted by atomic mass is 19.1. The number of hydrogen-bond donors (Lipinski definition) is 2. The number of nitrogens with zero attached hydrogens (tertiary/aromatic N) is 4. The summed E-state index contributed by atoms with van der Waals surface area (Å²) < 4.78 is 13.3. The Bertz CT molecular complexity index is 1030. The van der Waals surface area contributed by atoms with Crippen molar-refractivity contribution in [2.45, 2.75) is 25.7 Å². The zero-order valence-corrected chi connectivity index (χ0v) is 16.1. The normalized spacial score (nSPS) is 20.2. The third kappa shape index (κ3) is 3.32. The smallest absolute Gasteiger partial charge is 0.225 e. The number of rotatable bonds is 5. The molecule has 1 saturated carbocycles. The zero-order chi connectivity index (χ0) is 19.8. The summed E-state index contributed by atoms with van der Waals surface area (Å²) in [6.07, 6.45) is 7.37. The SMILES string of the molecule is O=C(NCCc1nc2ccc(F)cc2[nH]1)C1CN(c2ncccn2)CC12CCC2. The van der Waals surface area contributed by atoms with E-state index in [2.05, 4.69) is 30.2 Å².